The minimum atomic E-state index is -4.52. The molecule has 0 bridgehead atoms. The maximum Gasteiger partial charge on any atom is 0.433 e. The van der Waals surface area contributed by atoms with E-state index in [1.165, 1.54) is 11.3 Å². The molecule has 2 heterocycles. The van der Waals surface area contributed by atoms with Crippen molar-refractivity contribution in [3.8, 4) is 0 Å². The summed E-state index contributed by atoms with van der Waals surface area (Å²) < 4.78 is 38.9. The highest BCUT2D eigenvalue weighted by atomic mass is 32.1. The minimum Gasteiger partial charge on any atom is -0.365 e. The molecule has 0 fully saturated rings. The highest BCUT2D eigenvalue weighted by molar-refractivity contribution is 7.09. The van der Waals surface area contributed by atoms with Crippen molar-refractivity contribution in [3.05, 3.63) is 34.2 Å². The van der Waals surface area contributed by atoms with Crippen molar-refractivity contribution in [1.82, 2.24) is 9.97 Å². The Kier molecular flexibility index (Phi) is 4.60. The van der Waals surface area contributed by atoms with Crippen molar-refractivity contribution in [2.75, 3.05) is 10.6 Å². The summed E-state index contributed by atoms with van der Waals surface area (Å²) in [6.07, 6.45) is -4.52. The van der Waals surface area contributed by atoms with Crippen LogP contribution in [0.1, 0.15) is 31.3 Å². The quantitative estimate of drug-likeness (QED) is 0.873. The number of hydrogen-bond donors (Lipinski definition) is 2. The molecule has 22 heavy (non-hydrogen) atoms. The van der Waals surface area contributed by atoms with Gasteiger partial charge in [-0.05, 0) is 32.2 Å². The molecule has 0 spiro atoms. The van der Waals surface area contributed by atoms with Crippen LogP contribution < -0.4 is 10.6 Å². The Morgan fingerprint density at radius 2 is 1.91 bits per heavy atom. The summed E-state index contributed by atoms with van der Waals surface area (Å²) in [6, 6.07) is 4.70. The van der Waals surface area contributed by atoms with Crippen molar-refractivity contribution in [1.29, 1.82) is 0 Å². The summed E-state index contributed by atoms with van der Waals surface area (Å²) in [4.78, 5) is 8.67. The smallest absolute Gasteiger partial charge is 0.365 e. The molecule has 0 unspecified atom stereocenters. The molecule has 0 saturated heterocycles. The number of rotatable bonds is 4. The second-order valence-corrected chi connectivity index (χ2v) is 6.80. The van der Waals surface area contributed by atoms with Crippen molar-refractivity contribution < 1.29 is 13.2 Å². The van der Waals surface area contributed by atoms with Gasteiger partial charge in [-0.15, -0.1) is 11.3 Å². The Hall–Kier alpha value is -1.83. The largest absolute Gasteiger partial charge is 0.433 e. The average molecular weight is 330 g/mol. The molecule has 0 aliphatic carbocycles. The topological polar surface area (TPSA) is 49.8 Å². The van der Waals surface area contributed by atoms with Gasteiger partial charge in [-0.1, -0.05) is 6.07 Å². The number of hydrogen-bond acceptors (Lipinski definition) is 5. The molecule has 4 nitrogen and oxygen atoms in total. The first-order chi connectivity index (χ1) is 10.1. The second kappa shape index (κ2) is 6.12. The molecule has 8 heteroatoms. The van der Waals surface area contributed by atoms with E-state index in [0.29, 0.717) is 6.54 Å². The van der Waals surface area contributed by atoms with Crippen molar-refractivity contribution >= 4 is 23.1 Å². The van der Waals surface area contributed by atoms with Crippen molar-refractivity contribution in [2.45, 2.75) is 39.0 Å². The third-order valence-electron chi connectivity index (χ3n) is 2.53. The lowest BCUT2D eigenvalue weighted by molar-refractivity contribution is -0.141. The first kappa shape index (κ1) is 16.5. The van der Waals surface area contributed by atoms with E-state index in [-0.39, 0.29) is 11.8 Å². The third kappa shape index (κ3) is 4.87. The molecule has 0 aromatic carbocycles. The number of nitrogens with zero attached hydrogens (tertiary/aromatic N) is 2. The summed E-state index contributed by atoms with van der Waals surface area (Å²) in [7, 11) is 0. The molecular formula is C14H17F3N4S. The molecule has 2 rings (SSSR count). The van der Waals surface area contributed by atoms with Crippen LogP contribution in [0.4, 0.5) is 24.9 Å². The van der Waals surface area contributed by atoms with Gasteiger partial charge in [-0.25, -0.2) is 4.98 Å². The molecule has 0 saturated carbocycles. The van der Waals surface area contributed by atoms with Gasteiger partial charge >= 0.3 is 6.18 Å². The molecule has 0 amide bonds. The van der Waals surface area contributed by atoms with Gasteiger partial charge in [0, 0.05) is 16.5 Å². The molecule has 120 valence electrons. The fourth-order valence-corrected chi connectivity index (χ4v) is 2.31. The van der Waals surface area contributed by atoms with Crippen LogP contribution in [0.3, 0.4) is 0 Å². The highest BCUT2D eigenvalue weighted by Gasteiger charge is 2.34. The van der Waals surface area contributed by atoms with E-state index in [4.69, 9.17) is 0 Å². The summed E-state index contributed by atoms with van der Waals surface area (Å²) >= 11 is 1.52. The number of nitrogens with one attached hydrogen (secondary N) is 2. The molecule has 0 aliphatic heterocycles. The van der Waals surface area contributed by atoms with E-state index in [0.717, 1.165) is 10.9 Å². The van der Waals surface area contributed by atoms with Gasteiger partial charge in [0.15, 0.2) is 5.69 Å². The molecule has 2 N–H and O–H groups in total. The lowest BCUT2D eigenvalue weighted by Crippen LogP contribution is -2.28. The van der Waals surface area contributed by atoms with Crippen LogP contribution in [-0.4, -0.2) is 15.5 Å². The van der Waals surface area contributed by atoms with E-state index in [1.807, 2.05) is 38.3 Å². The van der Waals surface area contributed by atoms with Gasteiger partial charge in [-0.3, -0.25) is 0 Å². The maximum absolute atomic E-state index is 13.0. The van der Waals surface area contributed by atoms with Crippen LogP contribution in [0.2, 0.25) is 0 Å². The monoisotopic (exact) mass is 330 g/mol. The van der Waals surface area contributed by atoms with Crippen LogP contribution in [0.5, 0.6) is 0 Å². The molecule has 2 aromatic rings. The zero-order valence-electron chi connectivity index (χ0n) is 12.5. The number of thiophene rings is 1. The molecule has 0 radical (unpaired) electrons. The number of anilines is 2. The lowest BCUT2D eigenvalue weighted by atomic mass is 10.1. The van der Waals surface area contributed by atoms with Crippen LogP contribution in [0.25, 0.3) is 0 Å². The summed E-state index contributed by atoms with van der Waals surface area (Å²) in [6.45, 7) is 5.90. The zero-order chi connectivity index (χ0) is 16.4. The number of aromatic nitrogens is 2. The van der Waals surface area contributed by atoms with E-state index < -0.39 is 17.4 Å². The third-order valence-corrected chi connectivity index (χ3v) is 3.40. The predicted molar refractivity (Wildman–Crippen MR) is 82.1 cm³/mol. The molecular weight excluding hydrogens is 313 g/mol. The van der Waals surface area contributed by atoms with E-state index in [2.05, 4.69) is 20.6 Å². The van der Waals surface area contributed by atoms with Gasteiger partial charge < -0.3 is 10.6 Å². The van der Waals surface area contributed by atoms with Crippen molar-refractivity contribution in [2.24, 2.45) is 0 Å². The SMILES string of the molecule is CC(C)(C)Nc1nc(NCc2cccs2)cc(C(F)(F)F)n1. The predicted octanol–water partition coefficient (Wildman–Crippen LogP) is 4.38. The Morgan fingerprint density at radius 1 is 1.18 bits per heavy atom. The summed E-state index contributed by atoms with van der Waals surface area (Å²) in [5.74, 6) is 0.0958. The van der Waals surface area contributed by atoms with Gasteiger partial charge in [0.2, 0.25) is 5.95 Å². The fraction of sp³-hybridized carbons (Fsp3) is 0.429. The Bertz CT molecular complexity index is 618. The average Bonchev–Trinajstić information content (AvgIpc) is 2.86. The van der Waals surface area contributed by atoms with E-state index in [1.54, 1.807) is 0 Å². The molecule has 0 aliphatic rings. The Balaban J connectivity index is 2.25. The number of alkyl halides is 3. The van der Waals surface area contributed by atoms with Crippen LogP contribution in [0, 0.1) is 0 Å². The Labute approximate surface area is 130 Å². The summed E-state index contributed by atoms with van der Waals surface area (Å²) in [5.41, 5.74) is -1.40. The molecule has 2 aromatic heterocycles. The van der Waals surface area contributed by atoms with Crippen molar-refractivity contribution in [3.63, 3.8) is 0 Å². The zero-order valence-corrected chi connectivity index (χ0v) is 13.3. The van der Waals surface area contributed by atoms with Gasteiger partial charge in [0.05, 0.1) is 6.54 Å². The molecule has 0 atom stereocenters. The second-order valence-electron chi connectivity index (χ2n) is 5.77. The summed E-state index contributed by atoms with van der Waals surface area (Å²) in [5, 5.41) is 7.68. The standard InChI is InChI=1S/C14H17F3N4S/c1-13(2,3)21-12-19-10(14(15,16)17)7-11(20-12)18-8-9-5-4-6-22-9/h4-7H,8H2,1-3H3,(H2,18,19,20,21). The lowest BCUT2D eigenvalue weighted by Gasteiger charge is -2.21. The van der Waals surface area contributed by atoms with E-state index >= 15 is 0 Å². The first-order valence-electron chi connectivity index (χ1n) is 6.64. The van der Waals surface area contributed by atoms with Gasteiger partial charge in [0.25, 0.3) is 0 Å². The van der Waals surface area contributed by atoms with E-state index in [9.17, 15) is 13.2 Å². The first-order valence-corrected chi connectivity index (χ1v) is 7.52. The number of halogens is 3. The normalized spacial score (nSPS) is 12.3. The van der Waals surface area contributed by atoms with Crippen LogP contribution >= 0.6 is 11.3 Å². The Morgan fingerprint density at radius 3 is 2.45 bits per heavy atom. The van der Waals surface area contributed by atoms with Gasteiger partial charge in [-0.2, -0.15) is 18.2 Å². The van der Waals surface area contributed by atoms with Gasteiger partial charge in [0.1, 0.15) is 5.82 Å². The van der Waals surface area contributed by atoms with Crippen LogP contribution in [-0.2, 0) is 12.7 Å². The highest BCUT2D eigenvalue weighted by Crippen LogP contribution is 2.30. The fourth-order valence-electron chi connectivity index (χ4n) is 1.67. The minimum absolute atomic E-state index is 0.0454. The van der Waals surface area contributed by atoms with Crippen LogP contribution in [0.15, 0.2) is 23.6 Å². The maximum atomic E-state index is 13.0.